The van der Waals surface area contributed by atoms with Crippen molar-refractivity contribution in [1.82, 2.24) is 4.98 Å². The first kappa shape index (κ1) is 18.6. The Morgan fingerprint density at radius 2 is 1.93 bits per heavy atom. The fourth-order valence-corrected chi connectivity index (χ4v) is 4.07. The molecule has 0 N–H and O–H groups in total. The topological polar surface area (TPSA) is 48.4 Å². The third-order valence-electron chi connectivity index (χ3n) is 4.61. The third kappa shape index (κ3) is 3.75. The van der Waals surface area contributed by atoms with E-state index in [1.54, 1.807) is 0 Å². The summed E-state index contributed by atoms with van der Waals surface area (Å²) in [5, 5.41) is 0.851. The predicted molar refractivity (Wildman–Crippen MR) is 101 cm³/mol. The third-order valence-corrected chi connectivity index (χ3v) is 5.55. The number of thiazole rings is 1. The molecule has 1 heterocycles. The summed E-state index contributed by atoms with van der Waals surface area (Å²) < 4.78 is 39.2. The number of aryl methyl sites for hydroxylation is 1. The number of hydrogen-bond donors (Lipinski definition) is 0. The van der Waals surface area contributed by atoms with E-state index in [4.69, 9.17) is 9.47 Å². The second kappa shape index (κ2) is 7.67. The monoisotopic (exact) mass is 401 g/mol. The quantitative estimate of drug-likeness (QED) is 0.523. The van der Waals surface area contributed by atoms with Crippen LogP contribution in [0.2, 0.25) is 0 Å². The molecule has 1 aliphatic rings. The molecule has 4 rings (SSSR count). The van der Waals surface area contributed by atoms with Gasteiger partial charge in [0.15, 0.2) is 17.4 Å². The largest absolute Gasteiger partial charge is 0.482 e. The van der Waals surface area contributed by atoms with Gasteiger partial charge in [-0.25, -0.2) is 13.8 Å². The molecule has 0 aliphatic heterocycles. The van der Waals surface area contributed by atoms with E-state index in [-0.39, 0.29) is 18.6 Å². The summed E-state index contributed by atoms with van der Waals surface area (Å²) in [5.41, 5.74) is 2.15. The number of benzene rings is 2. The van der Waals surface area contributed by atoms with E-state index in [1.165, 1.54) is 23.5 Å². The Hall–Kier alpha value is -2.80. The van der Waals surface area contributed by atoms with Crippen molar-refractivity contribution >= 4 is 17.8 Å². The lowest BCUT2D eigenvalue weighted by molar-refractivity contribution is -0.129. The van der Waals surface area contributed by atoms with E-state index in [0.717, 1.165) is 21.1 Å². The zero-order valence-corrected chi connectivity index (χ0v) is 15.8. The molecule has 0 saturated heterocycles. The number of carbonyl (C=O) groups is 1. The first-order valence-corrected chi connectivity index (χ1v) is 9.61. The van der Waals surface area contributed by atoms with Gasteiger partial charge in [0.1, 0.15) is 12.7 Å². The minimum absolute atomic E-state index is 0.0171. The van der Waals surface area contributed by atoms with Crippen LogP contribution in [0.3, 0.4) is 0 Å². The Labute approximate surface area is 164 Å². The number of hydrogen-bond acceptors (Lipinski definition) is 5. The maximum Gasteiger partial charge on any atom is 0.293 e. The lowest BCUT2D eigenvalue weighted by Gasteiger charge is -2.10. The van der Waals surface area contributed by atoms with Gasteiger partial charge in [-0.15, -0.1) is 11.3 Å². The van der Waals surface area contributed by atoms with E-state index in [9.17, 15) is 13.6 Å². The first-order chi connectivity index (χ1) is 13.6. The molecule has 0 amide bonds. The van der Waals surface area contributed by atoms with Gasteiger partial charge >= 0.3 is 0 Å². The minimum Gasteiger partial charge on any atom is -0.482 e. The highest BCUT2D eigenvalue weighted by Gasteiger charge is 2.41. The van der Waals surface area contributed by atoms with Crippen LogP contribution in [0.25, 0.3) is 11.3 Å². The van der Waals surface area contributed by atoms with Crippen LogP contribution in [0, 0.1) is 18.6 Å². The van der Waals surface area contributed by atoms with Crippen LogP contribution in [-0.4, -0.2) is 17.6 Å². The van der Waals surface area contributed by atoms with Crippen molar-refractivity contribution in [3.05, 3.63) is 69.5 Å². The molecule has 0 spiro atoms. The van der Waals surface area contributed by atoms with E-state index in [2.05, 4.69) is 4.98 Å². The molecular formula is C21H17F2NO3S. The highest BCUT2D eigenvalue weighted by molar-refractivity contribution is 7.12. The lowest BCUT2D eigenvalue weighted by atomic mass is 10.1. The van der Waals surface area contributed by atoms with Crippen LogP contribution in [-0.2, 0) is 16.1 Å². The standard InChI is InChI=1S/C21H17F2NO3S/c1-12-24-20(13-5-3-2-4-6-13)19(28-12)10-26-21-16(22)7-14(8-17(21)23)15-9-18(15)27-11-25/h2-8,11,15,18H,9-10H2,1H3. The van der Waals surface area contributed by atoms with Crippen molar-refractivity contribution in [2.75, 3.05) is 0 Å². The van der Waals surface area contributed by atoms with Crippen LogP contribution in [0.1, 0.15) is 27.8 Å². The van der Waals surface area contributed by atoms with Crippen molar-refractivity contribution in [1.29, 1.82) is 0 Å². The van der Waals surface area contributed by atoms with E-state index < -0.39 is 17.4 Å². The van der Waals surface area contributed by atoms with Crippen molar-refractivity contribution < 1.29 is 23.0 Å². The Kier molecular flexibility index (Phi) is 5.09. The van der Waals surface area contributed by atoms with Gasteiger partial charge < -0.3 is 9.47 Å². The van der Waals surface area contributed by atoms with Gasteiger partial charge in [-0.2, -0.15) is 0 Å². The SMILES string of the molecule is Cc1nc(-c2ccccc2)c(COc2c(F)cc(C3CC3OC=O)cc2F)s1. The molecular weight excluding hydrogens is 384 g/mol. The second-order valence-electron chi connectivity index (χ2n) is 6.59. The number of rotatable bonds is 7. The fourth-order valence-electron chi connectivity index (χ4n) is 3.20. The number of ether oxygens (including phenoxy) is 2. The molecule has 1 aliphatic carbocycles. The predicted octanol–water partition coefficient (Wildman–Crippen LogP) is 5.00. The summed E-state index contributed by atoms with van der Waals surface area (Å²) >= 11 is 1.43. The summed E-state index contributed by atoms with van der Waals surface area (Å²) in [4.78, 5) is 15.7. The average Bonchev–Trinajstić information content (AvgIpc) is 3.35. The normalized spacial score (nSPS) is 18.0. The fraction of sp³-hybridized carbons (Fsp3) is 0.238. The average molecular weight is 401 g/mol. The van der Waals surface area contributed by atoms with Gasteiger partial charge in [0.2, 0.25) is 0 Å². The zero-order chi connectivity index (χ0) is 19.7. The van der Waals surface area contributed by atoms with Crippen LogP contribution in [0.4, 0.5) is 8.78 Å². The molecule has 0 radical (unpaired) electrons. The van der Waals surface area contributed by atoms with Crippen molar-refractivity contribution in [2.24, 2.45) is 0 Å². The molecule has 2 unspecified atom stereocenters. The van der Waals surface area contributed by atoms with E-state index >= 15 is 0 Å². The molecule has 7 heteroatoms. The Bertz CT molecular complexity index is 983. The number of aromatic nitrogens is 1. The van der Waals surface area contributed by atoms with Gasteiger partial charge in [-0.05, 0) is 31.0 Å². The highest BCUT2D eigenvalue weighted by Crippen LogP contribution is 2.44. The summed E-state index contributed by atoms with van der Waals surface area (Å²) in [5.74, 6) is -2.12. The zero-order valence-electron chi connectivity index (χ0n) is 15.0. The van der Waals surface area contributed by atoms with E-state index in [1.807, 2.05) is 37.3 Å². The smallest absolute Gasteiger partial charge is 0.293 e. The molecule has 28 heavy (non-hydrogen) atoms. The number of halogens is 2. The van der Waals surface area contributed by atoms with Crippen LogP contribution in [0.5, 0.6) is 5.75 Å². The van der Waals surface area contributed by atoms with Gasteiger partial charge in [-0.1, -0.05) is 30.3 Å². The maximum absolute atomic E-state index is 14.5. The molecule has 4 nitrogen and oxygen atoms in total. The Morgan fingerprint density at radius 3 is 2.61 bits per heavy atom. The van der Waals surface area contributed by atoms with Gasteiger partial charge in [0.05, 0.1) is 15.6 Å². The van der Waals surface area contributed by atoms with Crippen LogP contribution in [0.15, 0.2) is 42.5 Å². The minimum atomic E-state index is -0.769. The van der Waals surface area contributed by atoms with Crippen LogP contribution < -0.4 is 4.74 Å². The van der Waals surface area contributed by atoms with Crippen molar-refractivity contribution in [2.45, 2.75) is 32.0 Å². The molecule has 1 saturated carbocycles. The van der Waals surface area contributed by atoms with Crippen molar-refractivity contribution in [3.8, 4) is 17.0 Å². The van der Waals surface area contributed by atoms with Crippen molar-refractivity contribution in [3.63, 3.8) is 0 Å². The second-order valence-corrected chi connectivity index (χ2v) is 7.87. The molecule has 3 aromatic rings. The van der Waals surface area contributed by atoms with Gasteiger partial charge in [-0.3, -0.25) is 4.79 Å². The molecule has 2 aromatic carbocycles. The number of nitrogens with zero attached hydrogens (tertiary/aromatic N) is 1. The lowest BCUT2D eigenvalue weighted by Crippen LogP contribution is -2.02. The molecule has 0 bridgehead atoms. The molecule has 2 atom stereocenters. The van der Waals surface area contributed by atoms with Gasteiger partial charge in [0.25, 0.3) is 6.47 Å². The Balaban J connectivity index is 1.53. The summed E-state index contributed by atoms with van der Waals surface area (Å²) in [6, 6.07) is 12.1. The summed E-state index contributed by atoms with van der Waals surface area (Å²) in [7, 11) is 0. The first-order valence-electron chi connectivity index (χ1n) is 8.79. The highest BCUT2D eigenvalue weighted by atomic mass is 32.1. The van der Waals surface area contributed by atoms with E-state index in [0.29, 0.717) is 18.5 Å². The Morgan fingerprint density at radius 1 is 1.21 bits per heavy atom. The molecule has 144 valence electrons. The molecule has 1 fully saturated rings. The maximum atomic E-state index is 14.5. The van der Waals surface area contributed by atoms with Crippen LogP contribution >= 0.6 is 11.3 Å². The summed E-state index contributed by atoms with van der Waals surface area (Å²) in [6.07, 6.45) is 0.259. The summed E-state index contributed by atoms with van der Waals surface area (Å²) in [6.45, 7) is 2.25. The van der Waals surface area contributed by atoms with Gasteiger partial charge in [0, 0.05) is 11.5 Å². The molecule has 1 aromatic heterocycles. The number of carbonyl (C=O) groups excluding carboxylic acids is 1.